The molecule has 0 radical (unpaired) electrons. The van der Waals surface area contributed by atoms with Gasteiger partial charge >= 0.3 is 0 Å². The number of carbonyl (C=O) groups is 1. The van der Waals surface area contributed by atoms with Crippen molar-refractivity contribution in [2.75, 3.05) is 20.8 Å². The molecule has 1 heterocycles. The van der Waals surface area contributed by atoms with Crippen molar-refractivity contribution in [3.8, 4) is 11.5 Å². The molecule has 0 bridgehead atoms. The van der Waals surface area contributed by atoms with Crippen LogP contribution in [0.25, 0.3) is 0 Å². The van der Waals surface area contributed by atoms with Crippen molar-refractivity contribution >= 4 is 17.2 Å². The van der Waals surface area contributed by atoms with Gasteiger partial charge in [-0.2, -0.15) is 0 Å². The van der Waals surface area contributed by atoms with Gasteiger partial charge in [-0.1, -0.05) is 18.9 Å². The van der Waals surface area contributed by atoms with Crippen LogP contribution in [0.4, 0.5) is 0 Å². The second-order valence-corrected chi connectivity index (χ2v) is 8.20. The molecule has 0 spiro atoms. The molecule has 6 heteroatoms. The molecule has 0 saturated heterocycles. The molecule has 3 rings (SSSR count). The second-order valence-electron chi connectivity index (χ2n) is 7.09. The molecular weight excluding hydrogens is 362 g/mol. The number of hydrogen-bond donors (Lipinski definition) is 2. The van der Waals surface area contributed by atoms with Crippen LogP contribution in [0.1, 0.15) is 58.8 Å². The van der Waals surface area contributed by atoms with Gasteiger partial charge < -0.3 is 19.9 Å². The van der Waals surface area contributed by atoms with Crippen molar-refractivity contribution in [2.24, 2.45) is 0 Å². The maximum atomic E-state index is 12.9. The monoisotopic (exact) mass is 389 g/mol. The molecule has 1 aromatic carbocycles. The largest absolute Gasteiger partial charge is 0.493 e. The van der Waals surface area contributed by atoms with Gasteiger partial charge in [-0.15, -0.1) is 11.3 Å². The number of para-hydroxylation sites is 1. The Labute approximate surface area is 164 Å². The van der Waals surface area contributed by atoms with Crippen molar-refractivity contribution in [1.82, 2.24) is 5.32 Å². The minimum atomic E-state index is -0.460. The number of thiophene rings is 1. The van der Waals surface area contributed by atoms with Gasteiger partial charge in [0.25, 0.3) is 5.91 Å². The summed E-state index contributed by atoms with van der Waals surface area (Å²) in [5.74, 6) is 0.829. The van der Waals surface area contributed by atoms with Crippen LogP contribution in [0.2, 0.25) is 0 Å². The topological polar surface area (TPSA) is 67.8 Å². The fraction of sp³-hybridized carbons (Fsp3) is 0.476. The SMILES string of the molecule is COc1cccc(C(=O)NCC2(c3ccc(C(C)O)s3)CCCC2)c1OC. The number of carbonyl (C=O) groups excluding carboxylic acids is 1. The number of hydrogen-bond acceptors (Lipinski definition) is 5. The fourth-order valence-electron chi connectivity index (χ4n) is 3.84. The smallest absolute Gasteiger partial charge is 0.255 e. The van der Waals surface area contributed by atoms with E-state index in [0.29, 0.717) is 23.6 Å². The average molecular weight is 390 g/mol. The molecule has 1 atom stereocenters. The van der Waals surface area contributed by atoms with Crippen LogP contribution < -0.4 is 14.8 Å². The minimum Gasteiger partial charge on any atom is -0.493 e. The van der Waals surface area contributed by atoms with Crippen molar-refractivity contribution in [1.29, 1.82) is 0 Å². The molecule has 1 unspecified atom stereocenters. The van der Waals surface area contributed by atoms with Crippen molar-refractivity contribution < 1.29 is 19.4 Å². The van der Waals surface area contributed by atoms with Gasteiger partial charge in [0.2, 0.25) is 0 Å². The van der Waals surface area contributed by atoms with Gasteiger partial charge in [0.15, 0.2) is 11.5 Å². The number of rotatable bonds is 7. The zero-order valence-corrected chi connectivity index (χ0v) is 16.9. The molecule has 5 nitrogen and oxygen atoms in total. The Morgan fingerprint density at radius 3 is 2.56 bits per heavy atom. The standard InChI is InChI=1S/C21H27NO4S/c1-14(23)17-9-10-18(27-17)21(11-4-5-12-21)13-22-20(24)15-7-6-8-16(25-2)19(15)26-3/h6-10,14,23H,4-5,11-13H2,1-3H3,(H,22,24). The van der Waals surface area contributed by atoms with Crippen LogP contribution in [0.15, 0.2) is 30.3 Å². The zero-order valence-electron chi connectivity index (χ0n) is 16.1. The van der Waals surface area contributed by atoms with E-state index in [4.69, 9.17) is 9.47 Å². The molecule has 1 aliphatic rings. The van der Waals surface area contributed by atoms with Gasteiger partial charge in [-0.3, -0.25) is 4.79 Å². The molecule has 27 heavy (non-hydrogen) atoms. The van der Waals surface area contributed by atoms with Crippen LogP contribution in [-0.2, 0) is 5.41 Å². The van der Waals surface area contributed by atoms with Crippen molar-refractivity contribution in [2.45, 2.75) is 44.1 Å². The summed E-state index contributed by atoms with van der Waals surface area (Å²) in [6, 6.07) is 9.41. The van der Waals surface area contributed by atoms with Gasteiger partial charge in [-0.25, -0.2) is 0 Å². The first-order valence-electron chi connectivity index (χ1n) is 9.28. The fourth-order valence-corrected chi connectivity index (χ4v) is 5.02. The molecule has 0 aliphatic heterocycles. The van der Waals surface area contributed by atoms with E-state index in [2.05, 4.69) is 11.4 Å². The van der Waals surface area contributed by atoms with E-state index >= 15 is 0 Å². The lowest BCUT2D eigenvalue weighted by Crippen LogP contribution is -2.38. The van der Waals surface area contributed by atoms with E-state index in [1.165, 1.54) is 12.0 Å². The summed E-state index contributed by atoms with van der Waals surface area (Å²) >= 11 is 1.65. The average Bonchev–Trinajstić information content (AvgIpc) is 3.35. The lowest BCUT2D eigenvalue weighted by Gasteiger charge is -2.28. The molecule has 146 valence electrons. The Kier molecular flexibility index (Phi) is 6.07. The highest BCUT2D eigenvalue weighted by Gasteiger charge is 2.37. The predicted octanol–water partition coefficient (Wildman–Crippen LogP) is 4.06. The number of ether oxygens (including phenoxy) is 2. The maximum absolute atomic E-state index is 12.9. The molecule has 2 aromatic rings. The highest BCUT2D eigenvalue weighted by atomic mass is 32.1. The summed E-state index contributed by atoms with van der Waals surface area (Å²) in [5, 5.41) is 13.0. The molecule has 1 fully saturated rings. The maximum Gasteiger partial charge on any atom is 0.255 e. The van der Waals surface area contributed by atoms with E-state index in [1.807, 2.05) is 6.07 Å². The molecular formula is C21H27NO4S. The van der Waals surface area contributed by atoms with E-state index in [-0.39, 0.29) is 11.3 Å². The Hall–Kier alpha value is -2.05. The summed E-state index contributed by atoms with van der Waals surface area (Å²) in [5.41, 5.74) is 0.417. The van der Waals surface area contributed by atoms with Crippen LogP contribution >= 0.6 is 11.3 Å². The molecule has 2 N–H and O–H groups in total. The van der Waals surface area contributed by atoms with E-state index in [0.717, 1.165) is 30.6 Å². The predicted molar refractivity (Wildman–Crippen MR) is 107 cm³/mol. The third kappa shape index (κ3) is 3.96. The quantitative estimate of drug-likeness (QED) is 0.749. The Balaban J connectivity index is 1.80. The molecule has 1 saturated carbocycles. The van der Waals surface area contributed by atoms with E-state index in [1.54, 1.807) is 43.6 Å². The summed E-state index contributed by atoms with van der Waals surface area (Å²) < 4.78 is 10.7. The van der Waals surface area contributed by atoms with Gasteiger partial charge in [-0.05, 0) is 44.0 Å². The summed E-state index contributed by atoms with van der Waals surface area (Å²) in [6.07, 6.45) is 3.93. The molecule has 1 aliphatic carbocycles. The van der Waals surface area contributed by atoms with Crippen LogP contribution in [0.5, 0.6) is 11.5 Å². The first-order valence-corrected chi connectivity index (χ1v) is 10.1. The minimum absolute atomic E-state index is 0.0560. The number of aliphatic hydroxyl groups is 1. The highest BCUT2D eigenvalue weighted by Crippen LogP contribution is 2.44. The summed E-state index contributed by atoms with van der Waals surface area (Å²) in [6.45, 7) is 2.36. The van der Waals surface area contributed by atoms with Crippen molar-refractivity contribution in [3.05, 3.63) is 45.6 Å². The molecule has 1 amide bonds. The lowest BCUT2D eigenvalue weighted by atomic mass is 9.84. The van der Waals surface area contributed by atoms with Gasteiger partial charge in [0, 0.05) is 21.7 Å². The Bertz CT molecular complexity index is 793. The number of amides is 1. The number of nitrogens with one attached hydrogen (secondary N) is 1. The Morgan fingerprint density at radius 2 is 1.96 bits per heavy atom. The van der Waals surface area contributed by atoms with Crippen LogP contribution in [0, 0.1) is 0 Å². The van der Waals surface area contributed by atoms with Crippen LogP contribution in [0.3, 0.4) is 0 Å². The van der Waals surface area contributed by atoms with Gasteiger partial charge in [0.1, 0.15) is 0 Å². The van der Waals surface area contributed by atoms with E-state index < -0.39 is 6.10 Å². The normalized spacial score (nSPS) is 16.7. The summed E-state index contributed by atoms with van der Waals surface area (Å²) in [7, 11) is 3.10. The Morgan fingerprint density at radius 1 is 1.22 bits per heavy atom. The third-order valence-electron chi connectivity index (χ3n) is 5.36. The number of benzene rings is 1. The number of aliphatic hydroxyl groups excluding tert-OH is 1. The molecule has 1 aromatic heterocycles. The van der Waals surface area contributed by atoms with Crippen molar-refractivity contribution in [3.63, 3.8) is 0 Å². The van der Waals surface area contributed by atoms with Crippen LogP contribution in [-0.4, -0.2) is 31.8 Å². The van der Waals surface area contributed by atoms with E-state index in [9.17, 15) is 9.90 Å². The third-order valence-corrected chi connectivity index (χ3v) is 6.86. The first kappa shape index (κ1) is 19.7. The summed E-state index contributed by atoms with van der Waals surface area (Å²) in [4.78, 5) is 15.1. The number of methoxy groups -OCH3 is 2. The highest BCUT2D eigenvalue weighted by molar-refractivity contribution is 7.12. The lowest BCUT2D eigenvalue weighted by molar-refractivity contribution is 0.0939. The second kappa shape index (κ2) is 8.31. The van der Waals surface area contributed by atoms with Gasteiger partial charge in [0.05, 0.1) is 25.9 Å². The zero-order chi connectivity index (χ0) is 19.4. The first-order chi connectivity index (χ1) is 13.0.